The van der Waals surface area contributed by atoms with E-state index < -0.39 is 22.2 Å². The van der Waals surface area contributed by atoms with Crippen molar-refractivity contribution < 1.29 is 36.3 Å². The molecule has 1 amide bonds. The van der Waals surface area contributed by atoms with Crippen molar-refractivity contribution in [3.8, 4) is 0 Å². The molecule has 2 heterocycles. The molecule has 0 saturated carbocycles. The number of nitrogens with one attached hydrogen (secondary N) is 1. The molecule has 1 fully saturated rings. The zero-order chi connectivity index (χ0) is 22.2. The highest BCUT2D eigenvalue weighted by Gasteiger charge is 2.38. The van der Waals surface area contributed by atoms with E-state index in [4.69, 9.17) is 9.90 Å². The van der Waals surface area contributed by atoms with Crippen LogP contribution in [-0.2, 0) is 19.6 Å². The quantitative estimate of drug-likeness (QED) is 0.667. The van der Waals surface area contributed by atoms with Crippen molar-refractivity contribution in [1.82, 2.24) is 14.5 Å². The Morgan fingerprint density at radius 1 is 1.31 bits per heavy atom. The number of rotatable bonds is 6. The molecule has 0 atom stereocenters. The average molecular weight is 460 g/mol. The summed E-state index contributed by atoms with van der Waals surface area (Å²) in [7, 11) is -3.60. The molecule has 1 aliphatic rings. The molecule has 1 saturated heterocycles. The van der Waals surface area contributed by atoms with Crippen LogP contribution in [0.1, 0.15) is 13.8 Å². The number of carbonyl (C=O) groups is 2. The van der Waals surface area contributed by atoms with Gasteiger partial charge in [0.1, 0.15) is 4.21 Å². The lowest BCUT2D eigenvalue weighted by Gasteiger charge is -2.30. The number of amides is 1. The van der Waals surface area contributed by atoms with Gasteiger partial charge in [-0.3, -0.25) is 4.79 Å². The average Bonchev–Trinajstić information content (AvgIpc) is 3.16. The van der Waals surface area contributed by atoms with Gasteiger partial charge in [-0.25, -0.2) is 13.2 Å². The molecule has 0 unspecified atom stereocenters. The van der Waals surface area contributed by atoms with E-state index in [1.165, 1.54) is 15.6 Å². The molecule has 1 aliphatic heterocycles. The molecule has 2 rings (SSSR count). The predicted octanol–water partition coefficient (Wildman–Crippen LogP) is 1.46. The number of thiophene rings is 1. The lowest BCUT2D eigenvalue weighted by molar-refractivity contribution is -0.192. The van der Waals surface area contributed by atoms with Crippen LogP contribution < -0.4 is 5.32 Å². The minimum Gasteiger partial charge on any atom is -0.475 e. The van der Waals surface area contributed by atoms with Crippen molar-refractivity contribution in [1.29, 1.82) is 0 Å². The summed E-state index contributed by atoms with van der Waals surface area (Å²) in [5.74, 6) is -2.72. The lowest BCUT2D eigenvalue weighted by Crippen LogP contribution is -2.50. The van der Waals surface area contributed by atoms with Crippen LogP contribution in [0.5, 0.6) is 0 Å². The second-order valence-electron chi connectivity index (χ2n) is 6.56. The minimum absolute atomic E-state index is 0.0849. The summed E-state index contributed by atoms with van der Waals surface area (Å²) in [4.78, 5) is 23.0. The summed E-state index contributed by atoms with van der Waals surface area (Å²) >= 11 is 1.18. The van der Waals surface area contributed by atoms with Gasteiger partial charge in [-0.2, -0.15) is 17.5 Å². The van der Waals surface area contributed by atoms with Crippen molar-refractivity contribution in [2.45, 2.75) is 24.2 Å². The van der Waals surface area contributed by atoms with Gasteiger partial charge < -0.3 is 15.3 Å². The first-order chi connectivity index (χ1) is 13.4. The smallest absolute Gasteiger partial charge is 0.475 e. The Morgan fingerprint density at radius 2 is 1.86 bits per heavy atom. The van der Waals surface area contributed by atoms with Crippen LogP contribution in [0.2, 0.25) is 0 Å². The standard InChI is InChI=1S/C14H23N3O3S2.C2HF3O2/c1-12(2)10-17(22(19,20)14-4-3-9-21-14)11-13(18)16-7-5-15-6-8-16;3-2(4,5)1(6)7/h3-4,9,12,15H,5-8,10-11H2,1-2H3;(H,6,7). The predicted molar refractivity (Wildman–Crippen MR) is 101 cm³/mol. The molecular weight excluding hydrogens is 435 g/mol. The van der Waals surface area contributed by atoms with Gasteiger partial charge in [0.15, 0.2) is 0 Å². The number of carboxylic acid groups (broad SMARTS) is 1. The van der Waals surface area contributed by atoms with E-state index in [1.54, 1.807) is 22.4 Å². The third-order valence-electron chi connectivity index (χ3n) is 3.68. The van der Waals surface area contributed by atoms with Crippen molar-refractivity contribution in [3.05, 3.63) is 17.5 Å². The molecule has 1 aromatic heterocycles. The van der Waals surface area contributed by atoms with Crippen molar-refractivity contribution >= 4 is 33.2 Å². The van der Waals surface area contributed by atoms with Crippen molar-refractivity contribution in [2.75, 3.05) is 39.3 Å². The van der Waals surface area contributed by atoms with Gasteiger partial charge in [-0.1, -0.05) is 19.9 Å². The van der Waals surface area contributed by atoms with Gasteiger partial charge in [0, 0.05) is 32.7 Å². The molecule has 0 bridgehead atoms. The summed E-state index contributed by atoms with van der Waals surface area (Å²) in [6.45, 7) is 6.94. The Bertz CT molecular complexity index is 761. The maximum atomic E-state index is 12.7. The Hall–Kier alpha value is -1.70. The number of sulfonamides is 1. The lowest BCUT2D eigenvalue weighted by atomic mass is 10.2. The number of carboxylic acids is 1. The fourth-order valence-electron chi connectivity index (χ4n) is 2.36. The highest BCUT2D eigenvalue weighted by molar-refractivity contribution is 7.91. The molecule has 8 nitrogen and oxygen atoms in total. The van der Waals surface area contributed by atoms with E-state index >= 15 is 0 Å². The zero-order valence-electron chi connectivity index (χ0n) is 16.0. The van der Waals surface area contributed by atoms with Gasteiger partial charge in [0.2, 0.25) is 5.91 Å². The summed E-state index contributed by atoms with van der Waals surface area (Å²) in [6, 6.07) is 3.30. The van der Waals surface area contributed by atoms with E-state index in [0.29, 0.717) is 23.8 Å². The zero-order valence-corrected chi connectivity index (χ0v) is 17.6. The third kappa shape index (κ3) is 8.28. The van der Waals surface area contributed by atoms with Crippen molar-refractivity contribution in [2.24, 2.45) is 5.92 Å². The molecule has 2 N–H and O–H groups in total. The first kappa shape index (κ1) is 25.3. The first-order valence-corrected chi connectivity index (χ1v) is 11.0. The van der Waals surface area contributed by atoms with Gasteiger partial charge in [-0.05, 0) is 17.4 Å². The molecule has 1 aromatic rings. The highest BCUT2D eigenvalue weighted by Crippen LogP contribution is 2.22. The summed E-state index contributed by atoms with van der Waals surface area (Å²) < 4.78 is 58.7. The monoisotopic (exact) mass is 459 g/mol. The van der Waals surface area contributed by atoms with Crippen molar-refractivity contribution in [3.63, 3.8) is 0 Å². The molecule has 0 aliphatic carbocycles. The van der Waals surface area contributed by atoms with E-state index in [0.717, 1.165) is 13.1 Å². The van der Waals surface area contributed by atoms with Crippen LogP contribution in [0, 0.1) is 5.92 Å². The molecule has 166 valence electrons. The number of nitrogens with zero attached hydrogens (tertiary/aromatic N) is 2. The number of aliphatic carboxylic acids is 1. The number of hydrogen-bond donors (Lipinski definition) is 2. The molecule has 29 heavy (non-hydrogen) atoms. The molecule has 0 spiro atoms. The number of hydrogen-bond acceptors (Lipinski definition) is 6. The number of piperazine rings is 1. The number of alkyl halides is 3. The Morgan fingerprint density at radius 3 is 2.28 bits per heavy atom. The fourth-order valence-corrected chi connectivity index (χ4v) is 5.06. The van der Waals surface area contributed by atoms with Gasteiger partial charge >= 0.3 is 12.1 Å². The highest BCUT2D eigenvalue weighted by atomic mass is 32.2. The minimum atomic E-state index is -5.08. The maximum Gasteiger partial charge on any atom is 0.490 e. The number of halogens is 3. The molecular formula is C16H24F3N3O5S2. The Labute approximate surface area is 171 Å². The van der Waals surface area contributed by atoms with Crippen LogP contribution in [0.25, 0.3) is 0 Å². The normalized spacial score (nSPS) is 15.2. The maximum absolute atomic E-state index is 12.7. The van der Waals surface area contributed by atoms with Crippen LogP contribution in [0.3, 0.4) is 0 Å². The molecule has 0 aromatic carbocycles. The second kappa shape index (κ2) is 10.9. The SMILES string of the molecule is CC(C)CN(CC(=O)N1CCNCC1)S(=O)(=O)c1cccs1.O=C(O)C(F)(F)F. The van der Waals surface area contributed by atoms with E-state index in [-0.39, 0.29) is 18.4 Å². The molecule has 13 heteroatoms. The third-order valence-corrected chi connectivity index (χ3v) is 6.87. The largest absolute Gasteiger partial charge is 0.490 e. The van der Waals surface area contributed by atoms with Crippen LogP contribution in [-0.4, -0.2) is 80.1 Å². The fraction of sp³-hybridized carbons (Fsp3) is 0.625. The van der Waals surface area contributed by atoms with Gasteiger partial charge in [-0.15, -0.1) is 11.3 Å². The van der Waals surface area contributed by atoms with E-state index in [9.17, 15) is 26.4 Å². The van der Waals surface area contributed by atoms with Gasteiger partial charge in [0.05, 0.1) is 6.54 Å². The Kier molecular flexibility index (Phi) is 9.52. The molecule has 0 radical (unpaired) electrons. The summed E-state index contributed by atoms with van der Waals surface area (Å²) in [5.41, 5.74) is 0. The first-order valence-electron chi connectivity index (χ1n) is 8.68. The van der Waals surface area contributed by atoms with Gasteiger partial charge in [0.25, 0.3) is 10.0 Å². The second-order valence-corrected chi connectivity index (χ2v) is 9.67. The topological polar surface area (TPSA) is 107 Å². The summed E-state index contributed by atoms with van der Waals surface area (Å²) in [5, 5.41) is 12.0. The van der Waals surface area contributed by atoms with Crippen LogP contribution >= 0.6 is 11.3 Å². The Balaban J connectivity index is 0.000000516. The van der Waals surface area contributed by atoms with E-state index in [1.807, 2.05) is 13.8 Å². The van der Waals surface area contributed by atoms with E-state index in [2.05, 4.69) is 5.32 Å². The van der Waals surface area contributed by atoms with Crippen LogP contribution in [0.4, 0.5) is 13.2 Å². The number of carbonyl (C=O) groups excluding carboxylic acids is 1. The summed E-state index contributed by atoms with van der Waals surface area (Å²) in [6.07, 6.45) is -5.08. The van der Waals surface area contributed by atoms with Crippen LogP contribution in [0.15, 0.2) is 21.7 Å².